The first-order valence-corrected chi connectivity index (χ1v) is 21.2. The van der Waals surface area contributed by atoms with E-state index in [9.17, 15) is 0 Å². The summed E-state index contributed by atoms with van der Waals surface area (Å²) in [7, 11) is 0. The fourth-order valence-electron chi connectivity index (χ4n) is 10.5. The number of para-hydroxylation sites is 1. The molecule has 0 N–H and O–H groups in total. The summed E-state index contributed by atoms with van der Waals surface area (Å²) in [5, 5.41) is 2.28. The molecule has 11 aromatic rings. The molecular formula is C58H36N4. The van der Waals surface area contributed by atoms with E-state index < -0.39 is 5.41 Å². The van der Waals surface area contributed by atoms with Gasteiger partial charge in [-0.3, -0.25) is 4.57 Å². The number of hydrogen-bond donors (Lipinski definition) is 0. The highest BCUT2D eigenvalue weighted by atomic mass is 15.2. The summed E-state index contributed by atoms with van der Waals surface area (Å²) < 4.78 is 2.23. The molecule has 1 spiro atoms. The number of hydrogen-bond acceptors (Lipinski definition) is 3. The minimum Gasteiger partial charge on any atom is -0.278 e. The van der Waals surface area contributed by atoms with E-state index in [-0.39, 0.29) is 0 Å². The quantitative estimate of drug-likeness (QED) is 0.174. The van der Waals surface area contributed by atoms with Crippen molar-refractivity contribution in [2.24, 2.45) is 0 Å². The van der Waals surface area contributed by atoms with Crippen molar-refractivity contribution in [2.45, 2.75) is 5.41 Å². The molecule has 4 nitrogen and oxygen atoms in total. The molecule has 0 fully saturated rings. The molecule has 2 aliphatic rings. The number of aromatic nitrogens is 4. The summed E-state index contributed by atoms with van der Waals surface area (Å²) in [6.45, 7) is 0. The molecular weight excluding hydrogens is 753 g/mol. The molecule has 0 atom stereocenters. The maximum absolute atomic E-state index is 5.33. The van der Waals surface area contributed by atoms with Crippen molar-refractivity contribution in [3.63, 3.8) is 0 Å². The summed E-state index contributed by atoms with van der Waals surface area (Å²) in [6.07, 6.45) is 0. The molecule has 0 saturated carbocycles. The maximum Gasteiger partial charge on any atom is 0.238 e. The van der Waals surface area contributed by atoms with Gasteiger partial charge in [0, 0.05) is 21.9 Å². The van der Waals surface area contributed by atoms with Crippen molar-refractivity contribution >= 4 is 21.8 Å². The lowest BCUT2D eigenvalue weighted by Crippen LogP contribution is -2.25. The van der Waals surface area contributed by atoms with Crippen LogP contribution in [-0.4, -0.2) is 19.5 Å². The number of nitrogens with zero attached hydrogens (tertiary/aromatic N) is 4. The van der Waals surface area contributed by atoms with Crippen LogP contribution in [0.25, 0.3) is 95.0 Å². The smallest absolute Gasteiger partial charge is 0.238 e. The molecule has 13 rings (SSSR count). The van der Waals surface area contributed by atoms with Gasteiger partial charge in [0.05, 0.1) is 16.4 Å². The van der Waals surface area contributed by atoms with Gasteiger partial charge in [0.15, 0.2) is 11.6 Å². The van der Waals surface area contributed by atoms with E-state index in [1.165, 1.54) is 50.1 Å². The summed E-state index contributed by atoms with van der Waals surface area (Å²) in [5.41, 5.74) is 18.6. The summed E-state index contributed by atoms with van der Waals surface area (Å²) in [5.74, 6) is 1.82. The van der Waals surface area contributed by atoms with Crippen LogP contribution in [0, 0.1) is 0 Å². The van der Waals surface area contributed by atoms with Crippen LogP contribution in [0.4, 0.5) is 0 Å². The molecule has 2 aromatic heterocycles. The molecule has 2 heterocycles. The first-order valence-electron chi connectivity index (χ1n) is 21.2. The van der Waals surface area contributed by atoms with Crippen LogP contribution in [0.1, 0.15) is 22.3 Å². The van der Waals surface area contributed by atoms with Crippen LogP contribution >= 0.6 is 0 Å². The first kappa shape index (κ1) is 34.6. The maximum atomic E-state index is 5.33. The van der Waals surface area contributed by atoms with E-state index >= 15 is 0 Å². The Kier molecular flexibility index (Phi) is 7.49. The van der Waals surface area contributed by atoms with E-state index in [4.69, 9.17) is 15.0 Å². The van der Waals surface area contributed by atoms with Crippen LogP contribution in [0.15, 0.2) is 218 Å². The lowest BCUT2D eigenvalue weighted by molar-refractivity contribution is 0.794. The van der Waals surface area contributed by atoms with Crippen molar-refractivity contribution < 1.29 is 0 Å². The molecule has 0 saturated heterocycles. The minimum atomic E-state index is -0.416. The lowest BCUT2D eigenvalue weighted by Gasteiger charge is -2.30. The standard InChI is InChI=1S/C58H36N4/c1-3-17-37(18-4-1)39-21-15-22-41(35-39)56-59-55(38-19-5-2-6-20-38)60-57(61-56)62-52-32-14-10-25-45(52)46-34-33-40(36-53(46)62)42-27-16-31-51-54(42)47-26-9-13-30-50(47)58(51)48-28-11-7-23-43(48)44-24-8-12-29-49(44)58/h1-36H. The number of fused-ring (bicyclic) bond motifs is 13. The van der Waals surface area contributed by atoms with Crippen LogP contribution in [0.2, 0.25) is 0 Å². The van der Waals surface area contributed by atoms with Crippen molar-refractivity contribution in [2.75, 3.05) is 0 Å². The van der Waals surface area contributed by atoms with E-state index in [1.54, 1.807) is 0 Å². The Morgan fingerprint density at radius 1 is 0.306 bits per heavy atom. The largest absolute Gasteiger partial charge is 0.278 e. The van der Waals surface area contributed by atoms with Crippen molar-refractivity contribution in [1.82, 2.24) is 19.5 Å². The van der Waals surface area contributed by atoms with Crippen LogP contribution < -0.4 is 0 Å². The summed E-state index contributed by atoms with van der Waals surface area (Å²) in [4.78, 5) is 15.7. The summed E-state index contributed by atoms with van der Waals surface area (Å²) in [6, 6.07) is 78.6. The zero-order valence-corrected chi connectivity index (χ0v) is 33.6. The fourth-order valence-corrected chi connectivity index (χ4v) is 10.5. The van der Waals surface area contributed by atoms with Gasteiger partial charge in [0.1, 0.15) is 0 Å². The Hall–Kier alpha value is -8.21. The highest BCUT2D eigenvalue weighted by molar-refractivity contribution is 6.11. The van der Waals surface area contributed by atoms with E-state index in [1.807, 2.05) is 24.3 Å². The van der Waals surface area contributed by atoms with Gasteiger partial charge in [-0.1, -0.05) is 200 Å². The Labute approximate surface area is 359 Å². The topological polar surface area (TPSA) is 43.6 Å². The number of rotatable bonds is 5. The molecule has 62 heavy (non-hydrogen) atoms. The highest BCUT2D eigenvalue weighted by Crippen LogP contribution is 2.64. The van der Waals surface area contributed by atoms with E-state index in [2.05, 4.69) is 199 Å². The fraction of sp³-hybridized carbons (Fsp3) is 0.0172. The SMILES string of the molecule is c1ccc(-c2cccc(-c3nc(-c4ccccc4)nc(-n4c5ccccc5c5ccc(-c6cccc7c6-c6ccccc6C76c7ccccc7-c7ccccc76)cc54)n3)c2)cc1. The van der Waals surface area contributed by atoms with E-state index in [0.717, 1.165) is 49.6 Å². The van der Waals surface area contributed by atoms with Gasteiger partial charge in [-0.25, -0.2) is 4.98 Å². The van der Waals surface area contributed by atoms with Crippen LogP contribution in [-0.2, 0) is 5.41 Å². The van der Waals surface area contributed by atoms with E-state index in [0.29, 0.717) is 17.6 Å². The second-order valence-electron chi connectivity index (χ2n) is 16.3. The van der Waals surface area contributed by atoms with Crippen molar-refractivity contribution in [3.05, 3.63) is 241 Å². The van der Waals surface area contributed by atoms with Gasteiger partial charge < -0.3 is 0 Å². The number of benzene rings is 9. The minimum absolute atomic E-state index is 0.416. The van der Waals surface area contributed by atoms with Gasteiger partial charge in [-0.2, -0.15) is 9.97 Å². The Bertz CT molecular complexity index is 3540. The molecule has 288 valence electrons. The molecule has 9 aromatic carbocycles. The van der Waals surface area contributed by atoms with Gasteiger partial charge in [0.25, 0.3) is 0 Å². The molecule has 0 unspecified atom stereocenters. The van der Waals surface area contributed by atoms with Gasteiger partial charge in [-0.15, -0.1) is 0 Å². The Balaban J connectivity index is 1.05. The first-order chi connectivity index (χ1) is 30.8. The van der Waals surface area contributed by atoms with Crippen LogP contribution in [0.5, 0.6) is 0 Å². The predicted octanol–water partition coefficient (Wildman–Crippen LogP) is 14.0. The average molecular weight is 789 g/mol. The van der Waals surface area contributed by atoms with Crippen molar-refractivity contribution in [1.29, 1.82) is 0 Å². The molecule has 0 radical (unpaired) electrons. The Morgan fingerprint density at radius 2 is 0.823 bits per heavy atom. The molecule has 0 bridgehead atoms. The second kappa shape index (κ2) is 13.4. The van der Waals surface area contributed by atoms with Crippen molar-refractivity contribution in [3.8, 4) is 73.2 Å². The summed E-state index contributed by atoms with van der Waals surface area (Å²) >= 11 is 0. The Morgan fingerprint density at radius 3 is 1.56 bits per heavy atom. The molecule has 0 aliphatic heterocycles. The third-order valence-corrected chi connectivity index (χ3v) is 13.1. The molecule has 4 heteroatoms. The van der Waals surface area contributed by atoms with Crippen LogP contribution in [0.3, 0.4) is 0 Å². The molecule has 2 aliphatic carbocycles. The average Bonchev–Trinajstić information content (AvgIpc) is 3.96. The zero-order chi connectivity index (χ0) is 40.8. The zero-order valence-electron chi connectivity index (χ0n) is 33.6. The van der Waals surface area contributed by atoms with Gasteiger partial charge in [0.2, 0.25) is 5.95 Å². The third kappa shape index (κ3) is 4.92. The molecule has 0 amide bonds. The lowest BCUT2D eigenvalue weighted by atomic mass is 9.70. The predicted molar refractivity (Wildman–Crippen MR) is 252 cm³/mol. The monoisotopic (exact) mass is 788 g/mol. The second-order valence-corrected chi connectivity index (χ2v) is 16.3. The van der Waals surface area contributed by atoms with Gasteiger partial charge >= 0.3 is 0 Å². The normalized spacial score (nSPS) is 13.0. The van der Waals surface area contributed by atoms with Gasteiger partial charge in [-0.05, 0) is 85.0 Å². The third-order valence-electron chi connectivity index (χ3n) is 13.1. The highest BCUT2D eigenvalue weighted by Gasteiger charge is 2.52.